The normalized spacial score (nSPS) is 32.5. The molecule has 0 saturated carbocycles. The maximum absolute atomic E-state index is 12.1. The highest BCUT2D eigenvalue weighted by Crippen LogP contribution is 2.35. The maximum atomic E-state index is 12.1. The third-order valence-corrected chi connectivity index (χ3v) is 6.25. The van der Waals surface area contributed by atoms with Crippen molar-refractivity contribution < 1.29 is 62.2 Å². The minimum absolute atomic E-state index is 0.0837. The molecule has 40 heavy (non-hydrogen) atoms. The number of esters is 4. The number of carbonyl (C=O) groups is 4. The van der Waals surface area contributed by atoms with Crippen molar-refractivity contribution in [3.63, 3.8) is 0 Å². The molecule has 1 aromatic carbocycles. The lowest BCUT2D eigenvalue weighted by Gasteiger charge is -2.44. The average Bonchev–Trinajstić information content (AvgIpc) is 3.16. The molecule has 1 aromatic rings. The highest BCUT2D eigenvalue weighted by molar-refractivity contribution is 5.68. The molecule has 13 nitrogen and oxygen atoms in total. The number of carbonyl (C=O) groups excluding carboxylic acids is 4. The van der Waals surface area contributed by atoms with Crippen LogP contribution in [0.3, 0.4) is 0 Å². The molecule has 0 amide bonds. The van der Waals surface area contributed by atoms with E-state index in [0.717, 1.165) is 19.4 Å². The van der Waals surface area contributed by atoms with Gasteiger partial charge in [0.2, 0.25) is 0 Å². The van der Waals surface area contributed by atoms with Gasteiger partial charge in [-0.15, -0.1) is 0 Å². The van der Waals surface area contributed by atoms with Gasteiger partial charge in [-0.3, -0.25) is 19.2 Å². The van der Waals surface area contributed by atoms with Crippen LogP contribution in [-0.4, -0.2) is 90.4 Å². The summed E-state index contributed by atoms with van der Waals surface area (Å²) in [6, 6.07) is 9.17. The Morgan fingerprint density at radius 3 is 1.95 bits per heavy atom. The van der Waals surface area contributed by atoms with Crippen LogP contribution in [0.15, 0.2) is 30.3 Å². The van der Waals surface area contributed by atoms with Gasteiger partial charge in [-0.2, -0.15) is 0 Å². The third kappa shape index (κ3) is 8.21. The second-order valence-electron chi connectivity index (χ2n) is 9.60. The van der Waals surface area contributed by atoms with Crippen LogP contribution in [0.2, 0.25) is 0 Å². The summed E-state index contributed by atoms with van der Waals surface area (Å²) in [7, 11) is 0. The van der Waals surface area contributed by atoms with Crippen molar-refractivity contribution in [2.75, 3.05) is 0 Å². The van der Waals surface area contributed by atoms with Crippen molar-refractivity contribution in [2.45, 2.75) is 110 Å². The van der Waals surface area contributed by atoms with Gasteiger partial charge < -0.3 is 43.0 Å². The first-order chi connectivity index (χ1) is 18.9. The molecule has 2 aliphatic heterocycles. The lowest BCUT2D eigenvalue weighted by atomic mass is 9.98. The summed E-state index contributed by atoms with van der Waals surface area (Å²) >= 11 is 0. The summed E-state index contributed by atoms with van der Waals surface area (Å²) in [5.74, 6) is -2.73. The summed E-state index contributed by atoms with van der Waals surface area (Å²) < 4.78 is 45.4. The van der Waals surface area contributed by atoms with Crippen LogP contribution in [-0.2, 0) is 63.7 Å². The fourth-order valence-electron chi connectivity index (χ4n) is 4.70. The Hall–Kier alpha value is -3.10. The van der Waals surface area contributed by atoms with E-state index in [1.807, 2.05) is 30.3 Å². The molecule has 10 atom stereocenters. The zero-order valence-electron chi connectivity index (χ0n) is 23.2. The number of rotatable bonds is 10. The lowest BCUT2D eigenvalue weighted by Crippen LogP contribution is -2.62. The van der Waals surface area contributed by atoms with E-state index >= 15 is 0 Å². The molecule has 2 heterocycles. The van der Waals surface area contributed by atoms with Crippen LogP contribution in [0, 0.1) is 0 Å². The van der Waals surface area contributed by atoms with Crippen molar-refractivity contribution in [3.8, 4) is 0 Å². The van der Waals surface area contributed by atoms with Crippen LogP contribution >= 0.6 is 0 Å². The van der Waals surface area contributed by atoms with E-state index in [0.29, 0.717) is 0 Å². The number of benzene rings is 1. The van der Waals surface area contributed by atoms with Gasteiger partial charge >= 0.3 is 23.9 Å². The van der Waals surface area contributed by atoms with Crippen molar-refractivity contribution in [3.05, 3.63) is 35.9 Å². The number of ether oxygens (including phenoxy) is 8. The number of aliphatic hydroxyl groups is 1. The highest BCUT2D eigenvalue weighted by Gasteiger charge is 2.55. The number of aliphatic hydroxyl groups excluding tert-OH is 1. The highest BCUT2D eigenvalue weighted by atomic mass is 16.8. The van der Waals surface area contributed by atoms with E-state index in [4.69, 9.17) is 37.9 Å². The maximum Gasteiger partial charge on any atom is 0.303 e. The van der Waals surface area contributed by atoms with E-state index in [1.165, 1.54) is 13.8 Å². The molecule has 0 spiro atoms. The Bertz CT molecular complexity index is 1030. The Morgan fingerprint density at radius 1 is 0.800 bits per heavy atom. The molecule has 13 heteroatoms. The molecule has 222 valence electrons. The van der Waals surface area contributed by atoms with Gasteiger partial charge in [0.15, 0.2) is 30.9 Å². The first kappa shape index (κ1) is 31.4. The van der Waals surface area contributed by atoms with E-state index in [9.17, 15) is 24.3 Å². The molecule has 1 N–H and O–H groups in total. The SMILES string of the molecule is CC(=O)O[C@@H]1[C@H](OC(C)=O)[C@@H](O[C@@H]2[C@@H](OCc3ccccc3)[C@@H](O)O[C@@H]2[C@H](C)OC(C)=O)O[C@H](C)[C@H]1OC(C)=O. The van der Waals surface area contributed by atoms with Gasteiger partial charge in [-0.1, -0.05) is 30.3 Å². The number of hydrogen-bond acceptors (Lipinski definition) is 13. The van der Waals surface area contributed by atoms with Gasteiger partial charge in [0.1, 0.15) is 24.4 Å². The molecule has 0 bridgehead atoms. The monoisotopic (exact) mass is 568 g/mol. The van der Waals surface area contributed by atoms with Gasteiger partial charge in [0.25, 0.3) is 0 Å². The van der Waals surface area contributed by atoms with Crippen LogP contribution in [0.5, 0.6) is 0 Å². The Morgan fingerprint density at radius 2 is 1.38 bits per heavy atom. The second kappa shape index (κ2) is 14.0. The van der Waals surface area contributed by atoms with Gasteiger partial charge in [-0.25, -0.2) is 0 Å². The summed E-state index contributed by atoms with van der Waals surface area (Å²) in [5, 5.41) is 10.8. The fourth-order valence-corrected chi connectivity index (χ4v) is 4.70. The largest absolute Gasteiger partial charge is 0.460 e. The van der Waals surface area contributed by atoms with E-state index < -0.39 is 85.3 Å². The van der Waals surface area contributed by atoms with Crippen LogP contribution in [0.4, 0.5) is 0 Å². The average molecular weight is 569 g/mol. The van der Waals surface area contributed by atoms with Crippen LogP contribution < -0.4 is 0 Å². The first-order valence-electron chi connectivity index (χ1n) is 12.9. The zero-order chi connectivity index (χ0) is 29.6. The molecule has 0 radical (unpaired) electrons. The summed E-state index contributed by atoms with van der Waals surface area (Å²) in [6.45, 7) is 7.89. The zero-order valence-corrected chi connectivity index (χ0v) is 23.2. The topological polar surface area (TPSA) is 162 Å². The van der Waals surface area contributed by atoms with E-state index in [-0.39, 0.29) is 6.61 Å². The molecule has 2 fully saturated rings. The Kier molecular flexibility index (Phi) is 11.0. The van der Waals surface area contributed by atoms with Crippen molar-refractivity contribution in [1.82, 2.24) is 0 Å². The van der Waals surface area contributed by atoms with E-state index in [1.54, 1.807) is 13.8 Å². The molecule has 0 unspecified atom stereocenters. The molecule has 2 saturated heterocycles. The molecule has 0 aromatic heterocycles. The predicted molar refractivity (Wildman–Crippen MR) is 133 cm³/mol. The second-order valence-corrected chi connectivity index (χ2v) is 9.60. The lowest BCUT2D eigenvalue weighted by molar-refractivity contribution is -0.318. The van der Waals surface area contributed by atoms with Gasteiger partial charge in [-0.05, 0) is 19.4 Å². The van der Waals surface area contributed by atoms with Gasteiger partial charge in [0, 0.05) is 27.7 Å². The van der Waals surface area contributed by atoms with Crippen molar-refractivity contribution in [1.29, 1.82) is 0 Å². The minimum atomic E-state index is -1.48. The number of hydrogen-bond donors (Lipinski definition) is 1. The summed E-state index contributed by atoms with van der Waals surface area (Å²) in [6.07, 6.45) is -11.7. The fraction of sp³-hybridized carbons (Fsp3) is 0.630. The molecule has 0 aliphatic carbocycles. The van der Waals surface area contributed by atoms with Crippen molar-refractivity contribution >= 4 is 23.9 Å². The molecule has 2 aliphatic rings. The molecular weight excluding hydrogens is 532 g/mol. The standard InChI is InChI=1S/C27H36O13/c1-13(34-15(3)28)21-22(24(26(32)39-21)33-12-19-10-8-7-9-11-19)40-27-25(38-18(6)31)23(37-17(5)30)20(14(2)35-27)36-16(4)29/h7-11,13-14,20-27,32H,12H2,1-6H3/t13-,14+,20+,21+,22-,23-,24+,25-,26-,27+/m0/s1. The Labute approximate surface area is 231 Å². The van der Waals surface area contributed by atoms with Gasteiger partial charge in [0.05, 0.1) is 12.7 Å². The van der Waals surface area contributed by atoms with Crippen LogP contribution in [0.25, 0.3) is 0 Å². The third-order valence-electron chi connectivity index (χ3n) is 6.25. The summed E-state index contributed by atoms with van der Waals surface area (Å²) in [5.41, 5.74) is 0.810. The van der Waals surface area contributed by atoms with Crippen molar-refractivity contribution in [2.24, 2.45) is 0 Å². The quantitative estimate of drug-likeness (QED) is 0.316. The summed E-state index contributed by atoms with van der Waals surface area (Å²) in [4.78, 5) is 47.5. The van der Waals surface area contributed by atoms with Crippen LogP contribution in [0.1, 0.15) is 47.1 Å². The predicted octanol–water partition coefficient (Wildman–Crippen LogP) is 1.17. The Balaban J connectivity index is 1.94. The molecule has 3 rings (SSSR count). The van der Waals surface area contributed by atoms with E-state index in [2.05, 4.69) is 0 Å². The minimum Gasteiger partial charge on any atom is -0.460 e. The first-order valence-corrected chi connectivity index (χ1v) is 12.9. The molecular formula is C27H36O13. The smallest absolute Gasteiger partial charge is 0.303 e.